The molecule has 2 aliphatic carbocycles. The number of rotatable bonds is 6. The number of thiocarbonyl (C=S) groups is 1. The minimum atomic E-state index is -1.48. The molecule has 0 spiro atoms. The third-order valence-corrected chi connectivity index (χ3v) is 7.85. The molecule has 5 rings (SSSR count). The standard InChI is InChI=1S/C30H27N3O9S/c1-4-7-31-30(43)33-32-10-13-8-12-5-6-14-19(17(12)25(37)18(13)29(40)41)26(38)21-22(28(14)42-3)27(39)20-15(24(21)36)9-16(34)11(2)23(20)35/h8-10,34-35,37-38H,4-7H2,1-3H3,(H,40,41)(H2,31,33,43)/b32-10+. The zero-order chi connectivity index (χ0) is 31.3. The van der Waals surface area contributed by atoms with Crippen molar-refractivity contribution in [2.45, 2.75) is 33.1 Å². The molecule has 3 aromatic carbocycles. The Bertz CT molecular complexity index is 1810. The fourth-order valence-electron chi connectivity index (χ4n) is 5.60. The number of methoxy groups -OCH3 is 1. The van der Waals surface area contributed by atoms with Crippen LogP contribution in [0.2, 0.25) is 0 Å². The summed E-state index contributed by atoms with van der Waals surface area (Å²) in [4.78, 5) is 39.8. The van der Waals surface area contributed by atoms with Gasteiger partial charge in [-0.05, 0) is 56.1 Å². The second-order valence-corrected chi connectivity index (χ2v) is 10.5. The molecule has 222 valence electrons. The number of phenols is 4. The number of carboxylic acid groups (broad SMARTS) is 1. The number of benzene rings is 3. The van der Waals surface area contributed by atoms with Gasteiger partial charge in [-0.15, -0.1) is 0 Å². The largest absolute Gasteiger partial charge is 0.508 e. The molecule has 0 amide bonds. The molecule has 12 nitrogen and oxygen atoms in total. The van der Waals surface area contributed by atoms with Gasteiger partial charge in [0.2, 0.25) is 5.78 Å². The van der Waals surface area contributed by atoms with Crippen LogP contribution in [-0.4, -0.2) is 68.1 Å². The van der Waals surface area contributed by atoms with Crippen LogP contribution in [0.5, 0.6) is 28.7 Å². The molecular weight excluding hydrogens is 578 g/mol. The summed E-state index contributed by atoms with van der Waals surface area (Å²) in [5, 5.41) is 61.0. The van der Waals surface area contributed by atoms with Crippen molar-refractivity contribution in [1.29, 1.82) is 0 Å². The Labute approximate surface area is 250 Å². The molecule has 0 aliphatic heterocycles. The van der Waals surface area contributed by atoms with E-state index >= 15 is 0 Å². The van der Waals surface area contributed by atoms with Crippen LogP contribution >= 0.6 is 12.2 Å². The highest BCUT2D eigenvalue weighted by atomic mass is 32.1. The topological polar surface area (TPSA) is 198 Å². The van der Waals surface area contributed by atoms with Crippen molar-refractivity contribution in [3.05, 3.63) is 62.2 Å². The molecule has 0 aromatic heterocycles. The highest BCUT2D eigenvalue weighted by molar-refractivity contribution is 7.80. The number of carbonyl (C=O) groups is 3. The van der Waals surface area contributed by atoms with Crippen LogP contribution < -0.4 is 15.5 Å². The van der Waals surface area contributed by atoms with E-state index in [0.717, 1.165) is 12.5 Å². The Morgan fingerprint density at radius 3 is 2.37 bits per heavy atom. The fraction of sp³-hybridized carbons (Fsp3) is 0.233. The van der Waals surface area contributed by atoms with Crippen LogP contribution in [0.4, 0.5) is 0 Å². The number of hydrazone groups is 1. The Balaban J connectivity index is 1.73. The van der Waals surface area contributed by atoms with Crippen molar-refractivity contribution in [1.82, 2.24) is 10.7 Å². The Kier molecular flexibility index (Phi) is 7.44. The Morgan fingerprint density at radius 1 is 1.00 bits per heavy atom. The number of carbonyl (C=O) groups excluding carboxylic acids is 2. The van der Waals surface area contributed by atoms with E-state index in [9.17, 15) is 39.9 Å². The first kappa shape index (κ1) is 29.3. The van der Waals surface area contributed by atoms with E-state index in [4.69, 9.17) is 17.0 Å². The lowest BCUT2D eigenvalue weighted by atomic mass is 9.74. The predicted molar refractivity (Wildman–Crippen MR) is 159 cm³/mol. The van der Waals surface area contributed by atoms with Gasteiger partial charge in [-0.25, -0.2) is 4.79 Å². The number of ketones is 2. The van der Waals surface area contributed by atoms with Gasteiger partial charge < -0.3 is 35.6 Å². The molecule has 0 radical (unpaired) electrons. The molecule has 13 heteroatoms. The van der Waals surface area contributed by atoms with E-state index in [1.165, 1.54) is 26.3 Å². The minimum absolute atomic E-state index is 0.00172. The second-order valence-electron chi connectivity index (χ2n) is 10.1. The summed E-state index contributed by atoms with van der Waals surface area (Å²) in [6, 6.07) is 2.54. The molecule has 7 N–H and O–H groups in total. The number of nitrogens with zero attached hydrogens (tertiary/aromatic N) is 1. The number of nitrogens with one attached hydrogen (secondary N) is 2. The SMILES string of the molecule is CCCNC(=S)N/N=C/c1cc2c(c(O)c1C(=O)O)-c1c(O)c3c(c(OC)c1CC2)C(=O)c1c(cc(O)c(C)c1O)C3=O. The third kappa shape index (κ3) is 4.48. The summed E-state index contributed by atoms with van der Waals surface area (Å²) in [6.07, 6.45) is 2.46. The molecule has 0 bridgehead atoms. The number of hydrogen-bond donors (Lipinski definition) is 7. The lowest BCUT2D eigenvalue weighted by Gasteiger charge is -2.30. The van der Waals surface area contributed by atoms with E-state index in [1.54, 1.807) is 0 Å². The molecule has 0 unspecified atom stereocenters. The molecule has 2 aliphatic rings. The lowest BCUT2D eigenvalue weighted by molar-refractivity contribution is 0.0693. The molecule has 3 aromatic rings. The molecule has 0 fully saturated rings. The van der Waals surface area contributed by atoms with Crippen molar-refractivity contribution in [3.8, 4) is 39.9 Å². The van der Waals surface area contributed by atoms with Gasteiger partial charge in [-0.1, -0.05) is 6.92 Å². The summed E-state index contributed by atoms with van der Waals surface area (Å²) in [5.41, 5.74) is 1.35. The van der Waals surface area contributed by atoms with E-state index in [-0.39, 0.29) is 68.2 Å². The van der Waals surface area contributed by atoms with Crippen molar-refractivity contribution in [2.75, 3.05) is 13.7 Å². The number of aryl methyl sites for hydroxylation is 1. The van der Waals surface area contributed by atoms with Crippen molar-refractivity contribution < 1.29 is 44.7 Å². The number of hydrogen-bond acceptors (Lipinski definition) is 10. The van der Waals surface area contributed by atoms with Crippen LogP contribution in [0.3, 0.4) is 0 Å². The molecule has 0 atom stereocenters. The van der Waals surface area contributed by atoms with Crippen LogP contribution in [0.25, 0.3) is 11.1 Å². The number of carboxylic acids is 1. The number of fused-ring (bicyclic) bond motifs is 5. The predicted octanol–water partition coefficient (Wildman–Crippen LogP) is 3.27. The van der Waals surface area contributed by atoms with Crippen molar-refractivity contribution in [3.63, 3.8) is 0 Å². The van der Waals surface area contributed by atoms with Gasteiger partial charge >= 0.3 is 5.97 Å². The maximum absolute atomic E-state index is 13.7. The molecule has 0 saturated carbocycles. The van der Waals surface area contributed by atoms with E-state index in [2.05, 4.69) is 15.8 Å². The van der Waals surface area contributed by atoms with Gasteiger partial charge in [0.25, 0.3) is 0 Å². The van der Waals surface area contributed by atoms with Crippen molar-refractivity contribution >= 4 is 41.1 Å². The molecular formula is C30H27N3O9S. The van der Waals surface area contributed by atoms with E-state index in [1.807, 2.05) is 6.92 Å². The zero-order valence-corrected chi connectivity index (χ0v) is 24.1. The van der Waals surface area contributed by atoms with Gasteiger partial charge in [-0.3, -0.25) is 15.0 Å². The van der Waals surface area contributed by atoms with Crippen LogP contribution in [0.15, 0.2) is 17.2 Å². The maximum Gasteiger partial charge on any atom is 0.340 e. The first-order valence-electron chi connectivity index (χ1n) is 13.2. The summed E-state index contributed by atoms with van der Waals surface area (Å²) < 4.78 is 5.59. The summed E-state index contributed by atoms with van der Waals surface area (Å²) >= 11 is 5.12. The average molecular weight is 606 g/mol. The number of aromatic carboxylic acids is 1. The number of phenolic OH excluding ortho intramolecular Hbond substituents is 3. The van der Waals surface area contributed by atoms with Gasteiger partial charge in [-0.2, -0.15) is 5.10 Å². The van der Waals surface area contributed by atoms with Gasteiger partial charge in [0.1, 0.15) is 34.3 Å². The number of ether oxygens (including phenoxy) is 1. The van der Waals surface area contributed by atoms with E-state index in [0.29, 0.717) is 12.1 Å². The quantitative estimate of drug-likeness (QED) is 0.0963. The summed E-state index contributed by atoms with van der Waals surface area (Å²) in [5.74, 6) is -5.56. The maximum atomic E-state index is 13.7. The highest BCUT2D eigenvalue weighted by Crippen LogP contribution is 2.54. The third-order valence-electron chi connectivity index (χ3n) is 7.61. The molecule has 43 heavy (non-hydrogen) atoms. The van der Waals surface area contributed by atoms with Crippen LogP contribution in [0.1, 0.15) is 77.8 Å². The van der Waals surface area contributed by atoms with Gasteiger partial charge in [0, 0.05) is 39.9 Å². The average Bonchev–Trinajstić information content (AvgIpc) is 2.96. The van der Waals surface area contributed by atoms with E-state index < -0.39 is 51.7 Å². The Hall–Kier alpha value is -5.17. The molecule has 0 heterocycles. The normalized spacial score (nSPS) is 13.2. The number of aromatic hydroxyl groups is 4. The van der Waals surface area contributed by atoms with Crippen molar-refractivity contribution in [2.24, 2.45) is 5.10 Å². The second kappa shape index (κ2) is 10.9. The monoisotopic (exact) mass is 605 g/mol. The van der Waals surface area contributed by atoms with Gasteiger partial charge in [0.05, 0.1) is 30.0 Å². The fourth-order valence-corrected chi connectivity index (χ4v) is 5.76. The highest BCUT2D eigenvalue weighted by Gasteiger charge is 2.42. The minimum Gasteiger partial charge on any atom is -0.508 e. The summed E-state index contributed by atoms with van der Waals surface area (Å²) in [6.45, 7) is 3.95. The first-order chi connectivity index (χ1) is 20.4. The summed E-state index contributed by atoms with van der Waals surface area (Å²) in [7, 11) is 1.27. The van der Waals surface area contributed by atoms with Crippen LogP contribution in [-0.2, 0) is 12.8 Å². The zero-order valence-electron chi connectivity index (χ0n) is 23.3. The van der Waals surface area contributed by atoms with Gasteiger partial charge in [0.15, 0.2) is 10.9 Å². The lowest BCUT2D eigenvalue weighted by Crippen LogP contribution is -2.32. The Morgan fingerprint density at radius 2 is 1.72 bits per heavy atom. The molecule has 0 saturated heterocycles. The first-order valence-corrected chi connectivity index (χ1v) is 13.6. The smallest absolute Gasteiger partial charge is 0.340 e. The van der Waals surface area contributed by atoms with Crippen LogP contribution in [0, 0.1) is 6.92 Å².